The van der Waals surface area contributed by atoms with Crippen molar-refractivity contribution in [2.45, 2.75) is 58.0 Å². The molecule has 1 aromatic rings. The fraction of sp³-hybridized carbons (Fsp3) is 0.652. The maximum Gasteiger partial charge on any atom is 0.220 e. The minimum Gasteiger partial charge on any atom is -0.356 e. The van der Waals surface area contributed by atoms with Gasteiger partial charge in [0.25, 0.3) is 0 Å². The second-order valence-electron chi connectivity index (χ2n) is 8.58. The molecule has 1 saturated carbocycles. The molecule has 30 heavy (non-hydrogen) atoms. The molecule has 0 bridgehead atoms. The van der Waals surface area contributed by atoms with E-state index in [1.807, 2.05) is 7.05 Å². The number of hydrogen-bond donors (Lipinski definition) is 2. The maximum absolute atomic E-state index is 11.8. The summed E-state index contributed by atoms with van der Waals surface area (Å²) in [5.41, 5.74) is 2.79. The zero-order valence-electron chi connectivity index (χ0n) is 18.7. The second kappa shape index (κ2) is 12.5. The van der Waals surface area contributed by atoms with Crippen LogP contribution in [0.25, 0.3) is 0 Å². The maximum atomic E-state index is 11.8. The highest BCUT2D eigenvalue weighted by molar-refractivity contribution is 14.0. The fourth-order valence-corrected chi connectivity index (χ4v) is 3.69. The molecule has 1 saturated heterocycles. The van der Waals surface area contributed by atoms with E-state index in [-0.39, 0.29) is 29.9 Å². The Kier molecular flexibility index (Phi) is 10.4. The third-order valence-corrected chi connectivity index (χ3v) is 5.74. The number of rotatable bonds is 8. The standard InChI is InChI=1S/C23H37N5O.HI/c1-18(2)20-8-6-19(7-9-20)17-27-13-15-28(16-14-27)23(24-3)25-12-4-5-22(29)26-21-10-11-21;/h6-9,18,21H,4-5,10-17H2,1-3H3,(H,24,25)(H,26,29);1H. The Balaban J connectivity index is 0.00000320. The number of nitrogens with one attached hydrogen (secondary N) is 2. The highest BCUT2D eigenvalue weighted by Gasteiger charge is 2.23. The summed E-state index contributed by atoms with van der Waals surface area (Å²) in [6.45, 7) is 10.3. The van der Waals surface area contributed by atoms with Crippen molar-refractivity contribution in [3.05, 3.63) is 35.4 Å². The van der Waals surface area contributed by atoms with Gasteiger partial charge in [-0.3, -0.25) is 14.7 Å². The number of guanidine groups is 1. The molecule has 168 valence electrons. The molecule has 0 spiro atoms. The molecule has 1 aromatic carbocycles. The molecular formula is C23H38IN5O. The van der Waals surface area contributed by atoms with Gasteiger partial charge in [0.15, 0.2) is 5.96 Å². The molecule has 1 amide bonds. The van der Waals surface area contributed by atoms with Gasteiger partial charge in [-0.2, -0.15) is 0 Å². The highest BCUT2D eigenvalue weighted by atomic mass is 127. The van der Waals surface area contributed by atoms with Crippen molar-refractivity contribution in [3.8, 4) is 0 Å². The Labute approximate surface area is 198 Å². The third-order valence-electron chi connectivity index (χ3n) is 5.74. The summed E-state index contributed by atoms with van der Waals surface area (Å²) in [5, 5.41) is 6.46. The highest BCUT2D eigenvalue weighted by Crippen LogP contribution is 2.18. The number of carbonyl (C=O) groups excluding carboxylic acids is 1. The third kappa shape index (κ3) is 8.06. The molecule has 2 N–H and O–H groups in total. The van der Waals surface area contributed by atoms with Crippen LogP contribution in [0.1, 0.15) is 56.6 Å². The van der Waals surface area contributed by atoms with E-state index < -0.39 is 0 Å². The first-order chi connectivity index (χ1) is 14.0. The Morgan fingerprint density at radius 2 is 1.80 bits per heavy atom. The summed E-state index contributed by atoms with van der Waals surface area (Å²) in [4.78, 5) is 21.0. The number of halogens is 1. The van der Waals surface area contributed by atoms with E-state index in [0.717, 1.165) is 64.5 Å². The van der Waals surface area contributed by atoms with Crippen LogP contribution in [0.2, 0.25) is 0 Å². The van der Waals surface area contributed by atoms with Crippen molar-refractivity contribution >= 4 is 35.8 Å². The topological polar surface area (TPSA) is 60.0 Å². The smallest absolute Gasteiger partial charge is 0.220 e. The number of benzene rings is 1. The summed E-state index contributed by atoms with van der Waals surface area (Å²) in [7, 11) is 1.84. The van der Waals surface area contributed by atoms with Crippen LogP contribution in [0.5, 0.6) is 0 Å². The fourth-order valence-electron chi connectivity index (χ4n) is 3.69. The van der Waals surface area contributed by atoms with Crippen molar-refractivity contribution < 1.29 is 4.79 Å². The molecule has 1 heterocycles. The van der Waals surface area contributed by atoms with Gasteiger partial charge in [0, 0.05) is 58.8 Å². The van der Waals surface area contributed by atoms with Gasteiger partial charge < -0.3 is 15.5 Å². The van der Waals surface area contributed by atoms with Crippen LogP contribution in [0.3, 0.4) is 0 Å². The largest absolute Gasteiger partial charge is 0.356 e. The van der Waals surface area contributed by atoms with E-state index in [1.165, 1.54) is 11.1 Å². The lowest BCUT2D eigenvalue weighted by Gasteiger charge is -2.36. The predicted molar refractivity (Wildman–Crippen MR) is 135 cm³/mol. The van der Waals surface area contributed by atoms with Gasteiger partial charge in [-0.15, -0.1) is 24.0 Å². The quantitative estimate of drug-likeness (QED) is 0.236. The number of carbonyl (C=O) groups is 1. The molecule has 1 aliphatic heterocycles. The van der Waals surface area contributed by atoms with Crippen LogP contribution >= 0.6 is 24.0 Å². The van der Waals surface area contributed by atoms with E-state index in [9.17, 15) is 4.79 Å². The number of aliphatic imine (C=N–C) groups is 1. The average molecular weight is 527 g/mol. The van der Waals surface area contributed by atoms with Crippen LogP contribution in [-0.2, 0) is 11.3 Å². The number of piperazine rings is 1. The molecule has 7 heteroatoms. The SMILES string of the molecule is CN=C(NCCCC(=O)NC1CC1)N1CCN(Cc2ccc(C(C)C)cc2)CC1.I. The molecule has 2 aliphatic rings. The molecular weight excluding hydrogens is 489 g/mol. The van der Waals surface area contributed by atoms with Gasteiger partial charge >= 0.3 is 0 Å². The summed E-state index contributed by atoms with van der Waals surface area (Å²) >= 11 is 0. The molecule has 0 aromatic heterocycles. The second-order valence-corrected chi connectivity index (χ2v) is 8.58. The number of hydrogen-bond acceptors (Lipinski definition) is 3. The first-order valence-corrected chi connectivity index (χ1v) is 11.1. The van der Waals surface area contributed by atoms with Gasteiger partial charge in [0.1, 0.15) is 0 Å². The van der Waals surface area contributed by atoms with Gasteiger partial charge in [-0.1, -0.05) is 38.1 Å². The van der Waals surface area contributed by atoms with E-state index in [4.69, 9.17) is 0 Å². The minimum atomic E-state index is 0. The van der Waals surface area contributed by atoms with Crippen molar-refractivity contribution in [3.63, 3.8) is 0 Å². The monoisotopic (exact) mass is 527 g/mol. The van der Waals surface area contributed by atoms with Gasteiger partial charge in [0.2, 0.25) is 5.91 Å². The lowest BCUT2D eigenvalue weighted by atomic mass is 10.0. The summed E-state index contributed by atoms with van der Waals surface area (Å²) in [6.07, 6.45) is 3.71. The van der Waals surface area contributed by atoms with Crippen LogP contribution in [0, 0.1) is 0 Å². The van der Waals surface area contributed by atoms with Crippen LogP contribution in [0.4, 0.5) is 0 Å². The van der Waals surface area contributed by atoms with E-state index in [0.29, 0.717) is 18.4 Å². The predicted octanol–water partition coefficient (Wildman–Crippen LogP) is 3.18. The first kappa shape index (κ1) is 24.9. The first-order valence-electron chi connectivity index (χ1n) is 11.1. The molecule has 3 rings (SSSR count). The lowest BCUT2D eigenvalue weighted by Crippen LogP contribution is -2.52. The Morgan fingerprint density at radius 1 is 1.13 bits per heavy atom. The summed E-state index contributed by atoms with van der Waals surface area (Å²) in [5.74, 6) is 1.72. The lowest BCUT2D eigenvalue weighted by molar-refractivity contribution is -0.121. The Morgan fingerprint density at radius 3 is 2.37 bits per heavy atom. The zero-order valence-corrected chi connectivity index (χ0v) is 21.0. The van der Waals surface area contributed by atoms with Crippen molar-refractivity contribution in [2.75, 3.05) is 39.8 Å². The van der Waals surface area contributed by atoms with Crippen molar-refractivity contribution in [1.29, 1.82) is 0 Å². The average Bonchev–Trinajstić information content (AvgIpc) is 3.53. The number of amides is 1. The van der Waals surface area contributed by atoms with Crippen LogP contribution in [0.15, 0.2) is 29.3 Å². The van der Waals surface area contributed by atoms with Gasteiger partial charge in [-0.25, -0.2) is 0 Å². The van der Waals surface area contributed by atoms with E-state index in [2.05, 4.69) is 63.5 Å². The van der Waals surface area contributed by atoms with Crippen molar-refractivity contribution in [1.82, 2.24) is 20.4 Å². The minimum absolute atomic E-state index is 0. The number of nitrogens with zero attached hydrogens (tertiary/aromatic N) is 3. The van der Waals surface area contributed by atoms with E-state index in [1.54, 1.807) is 0 Å². The molecule has 6 nitrogen and oxygen atoms in total. The van der Waals surface area contributed by atoms with Gasteiger partial charge in [-0.05, 0) is 36.3 Å². The molecule has 0 radical (unpaired) electrons. The summed E-state index contributed by atoms with van der Waals surface area (Å²) in [6, 6.07) is 9.50. The molecule has 0 atom stereocenters. The normalized spacial score (nSPS) is 17.6. The zero-order chi connectivity index (χ0) is 20.6. The Bertz CT molecular complexity index is 679. The van der Waals surface area contributed by atoms with E-state index >= 15 is 0 Å². The molecule has 2 fully saturated rings. The Hall–Kier alpha value is -1.35. The molecule has 1 aliphatic carbocycles. The van der Waals surface area contributed by atoms with Crippen LogP contribution < -0.4 is 10.6 Å². The van der Waals surface area contributed by atoms with Crippen molar-refractivity contribution in [2.24, 2.45) is 4.99 Å². The van der Waals surface area contributed by atoms with Gasteiger partial charge in [0.05, 0.1) is 0 Å². The van der Waals surface area contributed by atoms with Crippen LogP contribution in [-0.4, -0.2) is 67.5 Å². The molecule has 0 unspecified atom stereocenters. The summed E-state index contributed by atoms with van der Waals surface area (Å²) < 4.78 is 0.